The van der Waals surface area contributed by atoms with Crippen LogP contribution in [0.1, 0.15) is 15.9 Å². The fraction of sp³-hybridized carbons (Fsp3) is 0.217. The Kier molecular flexibility index (Phi) is 7.99. The largest absolute Gasteiger partial charge is 0.497 e. The van der Waals surface area contributed by atoms with Gasteiger partial charge in [0, 0.05) is 12.4 Å². The van der Waals surface area contributed by atoms with Gasteiger partial charge in [-0.25, -0.2) is 13.9 Å². The van der Waals surface area contributed by atoms with Crippen molar-refractivity contribution in [3.63, 3.8) is 0 Å². The van der Waals surface area contributed by atoms with E-state index in [-0.39, 0.29) is 39.9 Å². The Morgan fingerprint density at radius 2 is 1.69 bits per heavy atom. The van der Waals surface area contributed by atoms with Crippen LogP contribution < -0.4 is 28.7 Å². The summed E-state index contributed by atoms with van der Waals surface area (Å²) in [5, 5.41) is 9.41. The monoisotopic (exact) mass is 503 g/mol. The average Bonchev–Trinajstić information content (AvgIpc) is 2.90. The van der Waals surface area contributed by atoms with Crippen LogP contribution in [0.25, 0.3) is 0 Å². The Morgan fingerprint density at radius 1 is 1.00 bits per heavy atom. The Hall–Kier alpha value is -4.03. The van der Waals surface area contributed by atoms with Crippen LogP contribution in [0.2, 0.25) is 0 Å². The van der Waals surface area contributed by atoms with E-state index in [4.69, 9.17) is 18.9 Å². The van der Waals surface area contributed by atoms with Crippen molar-refractivity contribution in [1.82, 2.24) is 10.5 Å². The summed E-state index contributed by atoms with van der Waals surface area (Å²) in [5.41, 5.74) is 1.67. The zero-order valence-electron chi connectivity index (χ0n) is 19.5. The summed E-state index contributed by atoms with van der Waals surface area (Å²) >= 11 is 0. The number of nitrogens with one attached hydrogen (secondary N) is 1. The molecule has 12 heteroatoms. The molecule has 11 nitrogen and oxygen atoms in total. The molecular formula is C23H25N3O8S. The van der Waals surface area contributed by atoms with Gasteiger partial charge in [0.15, 0.2) is 11.5 Å². The molecule has 0 saturated heterocycles. The quantitative estimate of drug-likeness (QED) is 0.316. The van der Waals surface area contributed by atoms with Gasteiger partial charge in [-0.3, -0.25) is 19.3 Å². The minimum Gasteiger partial charge on any atom is -0.497 e. The number of ether oxygens (including phenoxy) is 4. The predicted molar refractivity (Wildman–Crippen MR) is 126 cm³/mol. The Morgan fingerprint density at radius 3 is 2.20 bits per heavy atom. The van der Waals surface area contributed by atoms with Gasteiger partial charge in [-0.05, 0) is 42.0 Å². The van der Waals surface area contributed by atoms with Gasteiger partial charge >= 0.3 is 0 Å². The van der Waals surface area contributed by atoms with Crippen molar-refractivity contribution < 1.29 is 37.4 Å². The molecule has 2 aromatic carbocycles. The van der Waals surface area contributed by atoms with Gasteiger partial charge < -0.3 is 18.9 Å². The summed E-state index contributed by atoms with van der Waals surface area (Å²) in [6, 6.07) is 10.3. The van der Waals surface area contributed by atoms with Crippen molar-refractivity contribution >= 4 is 21.6 Å². The summed E-state index contributed by atoms with van der Waals surface area (Å²) in [6.07, 6.45) is 3.04. The van der Waals surface area contributed by atoms with E-state index in [0.717, 1.165) is 4.31 Å². The predicted octanol–water partition coefficient (Wildman–Crippen LogP) is 2.63. The maximum absolute atomic E-state index is 14.0. The molecule has 1 amide bonds. The third-order valence-electron chi connectivity index (χ3n) is 5.10. The van der Waals surface area contributed by atoms with Crippen LogP contribution in [-0.2, 0) is 16.6 Å². The lowest BCUT2D eigenvalue weighted by Crippen LogP contribution is -2.33. The molecule has 2 N–H and O–H groups in total. The zero-order valence-corrected chi connectivity index (χ0v) is 20.3. The molecule has 35 heavy (non-hydrogen) atoms. The van der Waals surface area contributed by atoms with Crippen molar-refractivity contribution in [1.29, 1.82) is 0 Å². The molecule has 0 aliphatic carbocycles. The van der Waals surface area contributed by atoms with Crippen molar-refractivity contribution in [3.8, 4) is 23.0 Å². The number of hydrogen-bond donors (Lipinski definition) is 2. The molecule has 0 aliphatic rings. The number of methoxy groups -OCH3 is 4. The highest BCUT2D eigenvalue weighted by atomic mass is 32.2. The molecule has 1 heterocycles. The van der Waals surface area contributed by atoms with E-state index in [9.17, 15) is 18.4 Å². The number of anilines is 1. The second kappa shape index (κ2) is 10.9. The first-order valence-electron chi connectivity index (χ1n) is 10.1. The van der Waals surface area contributed by atoms with Crippen LogP contribution in [-0.4, -0.2) is 53.0 Å². The van der Waals surface area contributed by atoms with Crippen LogP contribution in [0, 0.1) is 0 Å². The van der Waals surface area contributed by atoms with Crippen LogP contribution in [0.3, 0.4) is 0 Å². The lowest BCUT2D eigenvalue weighted by atomic mass is 10.1. The summed E-state index contributed by atoms with van der Waals surface area (Å²) in [7, 11) is 1.15. The maximum atomic E-state index is 14.0. The molecule has 0 fully saturated rings. The highest BCUT2D eigenvalue weighted by Crippen LogP contribution is 2.48. The summed E-state index contributed by atoms with van der Waals surface area (Å²) < 4.78 is 50.3. The van der Waals surface area contributed by atoms with Crippen LogP contribution >= 0.6 is 0 Å². The number of aromatic nitrogens is 1. The summed E-state index contributed by atoms with van der Waals surface area (Å²) in [4.78, 5) is 16.7. The lowest BCUT2D eigenvalue weighted by molar-refractivity contribution is 0.0706. The molecule has 3 aromatic rings. The molecule has 0 atom stereocenters. The van der Waals surface area contributed by atoms with E-state index >= 15 is 0 Å². The van der Waals surface area contributed by atoms with E-state index in [1.807, 2.05) is 0 Å². The fourth-order valence-corrected chi connectivity index (χ4v) is 4.91. The van der Waals surface area contributed by atoms with Gasteiger partial charge in [0.2, 0.25) is 5.75 Å². The third kappa shape index (κ3) is 5.08. The standard InChI is InChI=1S/C23H25N3O8S/c1-31-16-7-9-17(10-8-16)35(29,30)26(14-15-6-5-11-24-13-15)20-18(23(27)25-28)12-19(32-2)21(33-3)22(20)34-4/h5-13,28H,14H2,1-4H3,(H,25,27). The number of carbonyl (C=O) groups excluding carboxylic acids is 1. The number of amides is 1. The SMILES string of the molecule is COc1ccc(S(=O)(=O)N(Cc2cccnc2)c2c(C(=O)NO)cc(OC)c(OC)c2OC)cc1. The third-order valence-corrected chi connectivity index (χ3v) is 6.86. The lowest BCUT2D eigenvalue weighted by Gasteiger charge is -2.29. The molecule has 0 radical (unpaired) electrons. The van der Waals surface area contributed by atoms with E-state index in [1.165, 1.54) is 65.0 Å². The van der Waals surface area contributed by atoms with Crippen molar-refractivity contribution in [3.05, 3.63) is 66.0 Å². The Bertz CT molecular complexity index is 1280. The highest BCUT2D eigenvalue weighted by Gasteiger charge is 2.35. The van der Waals surface area contributed by atoms with Crippen molar-refractivity contribution in [2.24, 2.45) is 0 Å². The summed E-state index contributed by atoms with van der Waals surface area (Å²) in [6.45, 7) is -0.222. The molecule has 3 rings (SSSR count). The van der Waals surface area contributed by atoms with Gasteiger partial charge in [0.25, 0.3) is 15.9 Å². The number of sulfonamides is 1. The van der Waals surface area contributed by atoms with Gasteiger partial charge in [0.1, 0.15) is 11.4 Å². The first-order chi connectivity index (χ1) is 16.8. The molecule has 1 aromatic heterocycles. The Labute approximate surface area is 202 Å². The Balaban J connectivity index is 2.37. The molecule has 0 bridgehead atoms. The van der Waals surface area contributed by atoms with Crippen LogP contribution in [0.5, 0.6) is 23.0 Å². The molecule has 0 aliphatic heterocycles. The maximum Gasteiger partial charge on any atom is 0.277 e. The van der Waals surface area contributed by atoms with Crippen molar-refractivity contribution in [2.75, 3.05) is 32.7 Å². The summed E-state index contributed by atoms with van der Waals surface area (Å²) in [5.74, 6) is -0.464. The van der Waals surface area contributed by atoms with Gasteiger partial charge in [0.05, 0.1) is 45.4 Å². The van der Waals surface area contributed by atoms with Crippen LogP contribution in [0.4, 0.5) is 5.69 Å². The van der Waals surface area contributed by atoms with E-state index < -0.39 is 15.9 Å². The number of benzene rings is 2. The molecule has 186 valence electrons. The van der Waals surface area contributed by atoms with E-state index in [2.05, 4.69) is 4.98 Å². The van der Waals surface area contributed by atoms with Gasteiger partial charge in [-0.15, -0.1) is 0 Å². The zero-order chi connectivity index (χ0) is 25.6. The fourth-order valence-electron chi connectivity index (χ4n) is 3.44. The highest BCUT2D eigenvalue weighted by molar-refractivity contribution is 7.92. The topological polar surface area (TPSA) is 137 Å². The van der Waals surface area contributed by atoms with Crippen molar-refractivity contribution in [2.45, 2.75) is 11.4 Å². The molecule has 0 unspecified atom stereocenters. The minimum absolute atomic E-state index is 0.0561. The number of nitrogens with zero attached hydrogens (tertiary/aromatic N) is 2. The second-order valence-electron chi connectivity index (χ2n) is 7.03. The second-order valence-corrected chi connectivity index (χ2v) is 8.89. The van der Waals surface area contributed by atoms with E-state index in [0.29, 0.717) is 11.3 Å². The molecular weight excluding hydrogens is 478 g/mol. The number of rotatable bonds is 10. The first-order valence-corrected chi connectivity index (χ1v) is 11.6. The van der Waals surface area contributed by atoms with Gasteiger partial charge in [-0.2, -0.15) is 0 Å². The minimum atomic E-state index is -4.31. The number of hydrogen-bond acceptors (Lipinski definition) is 9. The van der Waals surface area contributed by atoms with Gasteiger partial charge in [-0.1, -0.05) is 6.07 Å². The van der Waals surface area contributed by atoms with Crippen LogP contribution in [0.15, 0.2) is 59.8 Å². The average molecular weight is 504 g/mol. The normalized spacial score (nSPS) is 10.9. The molecule has 0 spiro atoms. The van der Waals surface area contributed by atoms with E-state index in [1.54, 1.807) is 23.8 Å². The number of hydroxylamine groups is 1. The molecule has 0 saturated carbocycles. The number of carbonyl (C=O) groups is 1. The first kappa shape index (κ1) is 25.6. The smallest absolute Gasteiger partial charge is 0.277 e. The number of pyridine rings is 1.